The fourth-order valence-corrected chi connectivity index (χ4v) is 2.88. The number of halogens is 1. The van der Waals surface area contributed by atoms with Crippen LogP contribution in [0.5, 0.6) is 0 Å². The van der Waals surface area contributed by atoms with Gasteiger partial charge in [0.05, 0.1) is 10.7 Å². The van der Waals surface area contributed by atoms with Gasteiger partial charge in [-0.3, -0.25) is 0 Å². The molecule has 2 rings (SSSR count). The summed E-state index contributed by atoms with van der Waals surface area (Å²) in [5.74, 6) is 0.699. The molecule has 0 bridgehead atoms. The lowest BCUT2D eigenvalue weighted by atomic mass is 9.86. The SMILES string of the molecule is CC1CCCCC1Nc1ccc(C(N)=S)cc1Cl. The summed E-state index contributed by atoms with van der Waals surface area (Å²) < 4.78 is 0. The van der Waals surface area contributed by atoms with Gasteiger partial charge in [-0.2, -0.15) is 0 Å². The highest BCUT2D eigenvalue weighted by molar-refractivity contribution is 7.80. The Hall–Kier alpha value is -0.800. The molecule has 1 fully saturated rings. The highest BCUT2D eigenvalue weighted by Crippen LogP contribution is 2.30. The van der Waals surface area contributed by atoms with Gasteiger partial charge in [0.1, 0.15) is 4.99 Å². The molecule has 2 atom stereocenters. The molecule has 0 radical (unpaired) electrons. The molecule has 1 aliphatic carbocycles. The number of nitrogens with one attached hydrogen (secondary N) is 1. The van der Waals surface area contributed by atoms with Gasteiger partial charge < -0.3 is 11.1 Å². The number of rotatable bonds is 3. The molecule has 2 nitrogen and oxygen atoms in total. The van der Waals surface area contributed by atoms with E-state index in [0.717, 1.165) is 11.3 Å². The second-order valence-electron chi connectivity index (χ2n) is 5.07. The van der Waals surface area contributed by atoms with Crippen LogP contribution in [0.4, 0.5) is 5.69 Å². The van der Waals surface area contributed by atoms with E-state index >= 15 is 0 Å². The molecule has 3 N–H and O–H groups in total. The van der Waals surface area contributed by atoms with Crippen LogP contribution in [0.25, 0.3) is 0 Å². The summed E-state index contributed by atoms with van der Waals surface area (Å²) in [4.78, 5) is 0.384. The molecule has 0 heterocycles. The van der Waals surface area contributed by atoms with Crippen LogP contribution in [0.1, 0.15) is 38.2 Å². The Kier molecular flexibility index (Phi) is 4.46. The van der Waals surface area contributed by atoms with Crippen LogP contribution in [-0.2, 0) is 0 Å². The summed E-state index contributed by atoms with van der Waals surface area (Å²) in [5, 5.41) is 4.24. The maximum absolute atomic E-state index is 6.26. The largest absolute Gasteiger partial charge is 0.389 e. The molecule has 1 aliphatic rings. The molecule has 4 heteroatoms. The van der Waals surface area contributed by atoms with Gasteiger partial charge in [0.2, 0.25) is 0 Å². The van der Waals surface area contributed by atoms with Crippen LogP contribution in [0, 0.1) is 5.92 Å². The topological polar surface area (TPSA) is 38.0 Å². The van der Waals surface area contributed by atoms with Crippen molar-refractivity contribution >= 4 is 34.5 Å². The van der Waals surface area contributed by atoms with Crippen LogP contribution in [-0.4, -0.2) is 11.0 Å². The van der Waals surface area contributed by atoms with Crippen molar-refractivity contribution in [3.05, 3.63) is 28.8 Å². The molecular formula is C14H19ClN2S. The molecule has 98 valence electrons. The van der Waals surface area contributed by atoms with E-state index in [-0.39, 0.29) is 0 Å². The van der Waals surface area contributed by atoms with Gasteiger partial charge in [-0.15, -0.1) is 0 Å². The van der Waals surface area contributed by atoms with Gasteiger partial charge in [-0.25, -0.2) is 0 Å². The van der Waals surface area contributed by atoms with Crippen molar-refractivity contribution in [3.63, 3.8) is 0 Å². The molecule has 0 amide bonds. The quantitative estimate of drug-likeness (QED) is 0.824. The van der Waals surface area contributed by atoms with Crippen molar-refractivity contribution in [2.24, 2.45) is 11.7 Å². The van der Waals surface area contributed by atoms with Crippen LogP contribution in [0.2, 0.25) is 5.02 Å². The summed E-state index contributed by atoms with van der Waals surface area (Å²) in [7, 11) is 0. The predicted molar refractivity (Wildman–Crippen MR) is 82.4 cm³/mol. The minimum absolute atomic E-state index is 0.384. The highest BCUT2D eigenvalue weighted by atomic mass is 35.5. The average Bonchev–Trinajstić information content (AvgIpc) is 2.34. The van der Waals surface area contributed by atoms with Crippen molar-refractivity contribution in [2.75, 3.05) is 5.32 Å². The molecule has 0 aromatic heterocycles. The third-order valence-corrected chi connectivity index (χ3v) is 4.25. The summed E-state index contributed by atoms with van der Waals surface area (Å²) in [6.07, 6.45) is 5.15. The summed E-state index contributed by atoms with van der Waals surface area (Å²) >= 11 is 11.2. The Morgan fingerprint density at radius 1 is 1.39 bits per heavy atom. The van der Waals surface area contributed by atoms with Crippen molar-refractivity contribution in [3.8, 4) is 0 Å². The van der Waals surface area contributed by atoms with Crippen LogP contribution < -0.4 is 11.1 Å². The fourth-order valence-electron chi connectivity index (χ4n) is 2.52. The summed E-state index contributed by atoms with van der Waals surface area (Å²) in [5.41, 5.74) is 7.39. The van der Waals surface area contributed by atoms with E-state index in [1.54, 1.807) is 0 Å². The standard InChI is InChI=1S/C14H19ClN2S/c1-9-4-2-3-5-12(9)17-13-7-6-10(14(16)18)8-11(13)15/h6-9,12,17H,2-5H2,1H3,(H2,16,18). The normalized spacial score (nSPS) is 23.7. The Balaban J connectivity index is 2.11. The Morgan fingerprint density at radius 2 is 2.11 bits per heavy atom. The first kappa shape index (κ1) is 13.6. The first-order chi connectivity index (χ1) is 8.58. The first-order valence-corrected chi connectivity index (χ1v) is 7.22. The van der Waals surface area contributed by atoms with Crippen LogP contribution >= 0.6 is 23.8 Å². The third kappa shape index (κ3) is 3.15. The van der Waals surface area contributed by atoms with Gasteiger partial charge in [-0.1, -0.05) is 43.6 Å². The van der Waals surface area contributed by atoms with E-state index in [4.69, 9.17) is 29.6 Å². The zero-order valence-electron chi connectivity index (χ0n) is 10.6. The minimum atomic E-state index is 0.384. The van der Waals surface area contributed by atoms with Crippen molar-refractivity contribution < 1.29 is 0 Å². The molecule has 2 unspecified atom stereocenters. The van der Waals surface area contributed by atoms with Gasteiger partial charge in [0.25, 0.3) is 0 Å². The number of hydrogen-bond acceptors (Lipinski definition) is 2. The second-order valence-corrected chi connectivity index (χ2v) is 5.92. The molecule has 0 spiro atoms. The predicted octanol–water partition coefficient (Wildman–Crippen LogP) is 3.96. The van der Waals surface area contributed by atoms with E-state index in [0.29, 0.717) is 22.0 Å². The second kappa shape index (κ2) is 5.89. The molecule has 1 saturated carbocycles. The van der Waals surface area contributed by atoms with E-state index in [2.05, 4.69) is 12.2 Å². The van der Waals surface area contributed by atoms with E-state index in [9.17, 15) is 0 Å². The monoisotopic (exact) mass is 282 g/mol. The smallest absolute Gasteiger partial charge is 0.104 e. The lowest BCUT2D eigenvalue weighted by Crippen LogP contribution is -2.30. The lowest BCUT2D eigenvalue weighted by Gasteiger charge is -2.30. The Morgan fingerprint density at radius 3 is 2.72 bits per heavy atom. The maximum Gasteiger partial charge on any atom is 0.104 e. The first-order valence-electron chi connectivity index (χ1n) is 6.44. The molecule has 0 saturated heterocycles. The zero-order chi connectivity index (χ0) is 13.1. The van der Waals surface area contributed by atoms with Gasteiger partial charge in [0.15, 0.2) is 0 Å². The van der Waals surface area contributed by atoms with E-state index in [1.807, 2.05) is 18.2 Å². The van der Waals surface area contributed by atoms with Crippen molar-refractivity contribution in [1.29, 1.82) is 0 Å². The Labute approximate surface area is 119 Å². The third-order valence-electron chi connectivity index (χ3n) is 3.71. The molecule has 1 aromatic rings. The molecule has 18 heavy (non-hydrogen) atoms. The minimum Gasteiger partial charge on any atom is -0.389 e. The number of hydrogen-bond donors (Lipinski definition) is 2. The average molecular weight is 283 g/mol. The number of thiocarbonyl (C=S) groups is 1. The van der Waals surface area contributed by atoms with E-state index < -0.39 is 0 Å². The molecular weight excluding hydrogens is 264 g/mol. The number of anilines is 1. The van der Waals surface area contributed by atoms with Gasteiger partial charge in [0, 0.05) is 11.6 Å². The van der Waals surface area contributed by atoms with E-state index in [1.165, 1.54) is 25.7 Å². The Bertz CT molecular complexity index is 447. The van der Waals surface area contributed by atoms with Crippen molar-refractivity contribution in [1.82, 2.24) is 0 Å². The zero-order valence-corrected chi connectivity index (χ0v) is 12.2. The van der Waals surface area contributed by atoms with Gasteiger partial charge in [-0.05, 0) is 37.0 Å². The fraction of sp³-hybridized carbons (Fsp3) is 0.500. The number of benzene rings is 1. The summed E-state index contributed by atoms with van der Waals surface area (Å²) in [6.45, 7) is 2.30. The number of nitrogens with two attached hydrogens (primary N) is 1. The maximum atomic E-state index is 6.26. The summed E-state index contributed by atoms with van der Waals surface area (Å²) in [6, 6.07) is 6.24. The van der Waals surface area contributed by atoms with Crippen LogP contribution in [0.3, 0.4) is 0 Å². The van der Waals surface area contributed by atoms with Gasteiger partial charge >= 0.3 is 0 Å². The molecule has 1 aromatic carbocycles. The van der Waals surface area contributed by atoms with Crippen LogP contribution in [0.15, 0.2) is 18.2 Å². The lowest BCUT2D eigenvalue weighted by molar-refractivity contribution is 0.349. The van der Waals surface area contributed by atoms with Crippen molar-refractivity contribution in [2.45, 2.75) is 38.6 Å². The highest BCUT2D eigenvalue weighted by Gasteiger charge is 2.21. The molecule has 0 aliphatic heterocycles.